The molecule has 2 aromatic carbocycles. The first-order valence-electron chi connectivity index (χ1n) is 7.98. The zero-order chi connectivity index (χ0) is 18.1. The summed E-state index contributed by atoms with van der Waals surface area (Å²) >= 11 is 0. The molecule has 0 bridgehead atoms. The van der Waals surface area contributed by atoms with Gasteiger partial charge in [-0.2, -0.15) is 0 Å². The fourth-order valence-electron chi connectivity index (χ4n) is 2.93. The molecule has 3 rings (SSSR count). The van der Waals surface area contributed by atoms with Gasteiger partial charge in [0.15, 0.2) is 0 Å². The first-order chi connectivity index (χ1) is 11.8. The molecule has 0 radical (unpaired) electrons. The number of rotatable bonds is 6. The van der Waals surface area contributed by atoms with E-state index >= 15 is 0 Å². The van der Waals surface area contributed by atoms with E-state index in [9.17, 15) is 17.6 Å². The number of nitrogens with two attached hydrogens (primary N) is 1. The van der Waals surface area contributed by atoms with E-state index in [0.717, 1.165) is 5.56 Å². The van der Waals surface area contributed by atoms with Crippen LogP contribution in [0.2, 0.25) is 0 Å². The third-order valence-electron chi connectivity index (χ3n) is 4.53. The van der Waals surface area contributed by atoms with Gasteiger partial charge in [0.2, 0.25) is 15.9 Å². The van der Waals surface area contributed by atoms with Gasteiger partial charge < -0.3 is 5.32 Å². The Hall–Kier alpha value is -2.25. The van der Waals surface area contributed by atoms with Crippen molar-refractivity contribution in [1.82, 2.24) is 5.32 Å². The van der Waals surface area contributed by atoms with E-state index in [1.807, 2.05) is 0 Å². The summed E-state index contributed by atoms with van der Waals surface area (Å²) in [5.74, 6) is -0.521. The van der Waals surface area contributed by atoms with Crippen molar-refractivity contribution in [3.05, 3.63) is 65.5 Å². The van der Waals surface area contributed by atoms with Crippen LogP contribution in [0, 0.1) is 5.82 Å². The Morgan fingerprint density at radius 1 is 1.12 bits per heavy atom. The molecule has 1 aliphatic rings. The zero-order valence-corrected chi connectivity index (χ0v) is 14.4. The van der Waals surface area contributed by atoms with Gasteiger partial charge in [-0.1, -0.05) is 30.3 Å². The highest BCUT2D eigenvalue weighted by Gasteiger charge is 2.52. The summed E-state index contributed by atoms with van der Waals surface area (Å²) in [4.78, 5) is 12.5. The Morgan fingerprint density at radius 3 is 2.32 bits per heavy atom. The second-order valence-electron chi connectivity index (χ2n) is 6.26. The number of amides is 1. The topological polar surface area (TPSA) is 89.3 Å². The maximum atomic E-state index is 14.0. The van der Waals surface area contributed by atoms with E-state index in [0.29, 0.717) is 31.4 Å². The normalized spacial score (nSPS) is 15.6. The largest absolute Gasteiger partial charge is 0.355 e. The zero-order valence-electron chi connectivity index (χ0n) is 13.5. The van der Waals surface area contributed by atoms with Crippen molar-refractivity contribution in [2.75, 3.05) is 6.54 Å². The number of hydrogen-bond donors (Lipinski definition) is 2. The molecule has 1 saturated carbocycles. The highest BCUT2D eigenvalue weighted by molar-refractivity contribution is 7.89. The molecule has 1 aliphatic carbocycles. The van der Waals surface area contributed by atoms with Crippen molar-refractivity contribution in [2.24, 2.45) is 5.14 Å². The average Bonchev–Trinajstić information content (AvgIpc) is 3.36. The Labute approximate surface area is 146 Å². The molecule has 0 atom stereocenters. The summed E-state index contributed by atoms with van der Waals surface area (Å²) in [7, 11) is -3.70. The van der Waals surface area contributed by atoms with Gasteiger partial charge in [-0.25, -0.2) is 17.9 Å². The molecule has 0 aliphatic heterocycles. The minimum Gasteiger partial charge on any atom is -0.355 e. The molecule has 1 amide bonds. The van der Waals surface area contributed by atoms with E-state index in [1.54, 1.807) is 30.3 Å². The minimum atomic E-state index is -3.70. The number of carbonyl (C=O) groups excluding carboxylic acids is 1. The summed E-state index contributed by atoms with van der Waals surface area (Å²) in [6, 6.07) is 12.6. The Balaban J connectivity index is 1.59. The van der Waals surface area contributed by atoms with E-state index in [4.69, 9.17) is 5.14 Å². The van der Waals surface area contributed by atoms with Gasteiger partial charge in [0, 0.05) is 12.1 Å². The molecule has 0 aromatic heterocycles. The van der Waals surface area contributed by atoms with Gasteiger partial charge in [-0.05, 0) is 43.0 Å². The lowest BCUT2D eigenvalue weighted by atomic mass is 9.94. The fourth-order valence-corrected chi connectivity index (χ4v) is 3.44. The van der Waals surface area contributed by atoms with Crippen molar-refractivity contribution in [3.8, 4) is 0 Å². The quantitative estimate of drug-likeness (QED) is 0.822. The summed E-state index contributed by atoms with van der Waals surface area (Å²) < 4.78 is 36.4. The van der Waals surface area contributed by atoms with E-state index in [-0.39, 0.29) is 16.6 Å². The Bertz CT molecular complexity index is 891. The van der Waals surface area contributed by atoms with Crippen molar-refractivity contribution in [2.45, 2.75) is 29.6 Å². The van der Waals surface area contributed by atoms with Gasteiger partial charge >= 0.3 is 0 Å². The fraction of sp³-hybridized carbons (Fsp3) is 0.278. The van der Waals surface area contributed by atoms with Crippen LogP contribution in [0.15, 0.2) is 53.4 Å². The van der Waals surface area contributed by atoms with Gasteiger partial charge in [-0.3, -0.25) is 4.79 Å². The molecule has 1 fully saturated rings. The summed E-state index contributed by atoms with van der Waals surface area (Å²) in [6.07, 6.45) is 1.83. The maximum absolute atomic E-state index is 14.0. The lowest BCUT2D eigenvalue weighted by molar-refractivity contribution is -0.123. The number of nitrogens with one attached hydrogen (secondary N) is 1. The number of hydrogen-bond acceptors (Lipinski definition) is 3. The molecule has 0 heterocycles. The molecule has 25 heavy (non-hydrogen) atoms. The van der Waals surface area contributed by atoms with Crippen LogP contribution in [0.25, 0.3) is 0 Å². The lowest BCUT2D eigenvalue weighted by Gasteiger charge is -2.16. The van der Waals surface area contributed by atoms with Crippen molar-refractivity contribution in [3.63, 3.8) is 0 Å². The molecule has 0 unspecified atom stereocenters. The maximum Gasteiger partial charge on any atom is 0.238 e. The van der Waals surface area contributed by atoms with Crippen LogP contribution in [-0.4, -0.2) is 20.9 Å². The second kappa shape index (κ2) is 6.57. The summed E-state index contributed by atoms with van der Waals surface area (Å²) in [6.45, 7) is 0.393. The molecule has 5 nitrogen and oxygen atoms in total. The van der Waals surface area contributed by atoms with Crippen LogP contribution in [0.5, 0.6) is 0 Å². The molecule has 2 aromatic rings. The standard InChI is InChI=1S/C18H19FN2O3S/c19-16-4-2-1-3-15(16)18(10-11-18)17(22)21-12-9-13-5-7-14(8-6-13)25(20,23)24/h1-8H,9-12H2,(H,21,22)(H2,20,23,24). The SMILES string of the molecule is NS(=O)(=O)c1ccc(CCNC(=O)C2(c3ccccc3F)CC2)cc1. The first-order valence-corrected chi connectivity index (χ1v) is 9.53. The molecule has 132 valence electrons. The first kappa shape index (κ1) is 17.6. The number of halogens is 1. The second-order valence-corrected chi connectivity index (χ2v) is 7.82. The van der Waals surface area contributed by atoms with Gasteiger partial charge in [0.05, 0.1) is 10.3 Å². The predicted molar refractivity (Wildman–Crippen MR) is 91.8 cm³/mol. The highest BCUT2D eigenvalue weighted by atomic mass is 32.2. The number of carbonyl (C=O) groups is 1. The van der Waals surface area contributed by atoms with Crippen LogP contribution in [0.1, 0.15) is 24.0 Å². The monoisotopic (exact) mass is 362 g/mol. The van der Waals surface area contributed by atoms with Crippen molar-refractivity contribution < 1.29 is 17.6 Å². The predicted octanol–water partition coefficient (Wildman–Crippen LogP) is 1.86. The Kier molecular flexibility index (Phi) is 4.62. The van der Waals surface area contributed by atoms with E-state index in [1.165, 1.54) is 18.2 Å². The van der Waals surface area contributed by atoms with Gasteiger partial charge in [0.1, 0.15) is 5.82 Å². The third-order valence-corrected chi connectivity index (χ3v) is 5.45. The van der Waals surface area contributed by atoms with Crippen molar-refractivity contribution in [1.29, 1.82) is 0 Å². The summed E-state index contributed by atoms with van der Waals surface area (Å²) in [5.41, 5.74) is 0.580. The molecule has 3 N–H and O–H groups in total. The smallest absolute Gasteiger partial charge is 0.238 e. The lowest BCUT2D eigenvalue weighted by Crippen LogP contribution is -2.36. The molecule has 0 spiro atoms. The van der Waals surface area contributed by atoms with Gasteiger partial charge in [0.25, 0.3) is 0 Å². The third kappa shape index (κ3) is 3.72. The number of sulfonamides is 1. The minimum absolute atomic E-state index is 0.0526. The van der Waals surface area contributed by atoms with Crippen LogP contribution < -0.4 is 10.5 Å². The van der Waals surface area contributed by atoms with E-state index in [2.05, 4.69) is 5.32 Å². The molecule has 0 saturated heterocycles. The summed E-state index contributed by atoms with van der Waals surface area (Å²) in [5, 5.41) is 7.91. The van der Waals surface area contributed by atoms with Crippen LogP contribution in [-0.2, 0) is 26.7 Å². The van der Waals surface area contributed by atoms with Crippen LogP contribution in [0.4, 0.5) is 4.39 Å². The Morgan fingerprint density at radius 2 is 1.76 bits per heavy atom. The van der Waals surface area contributed by atoms with E-state index < -0.39 is 15.4 Å². The highest BCUT2D eigenvalue weighted by Crippen LogP contribution is 2.49. The average molecular weight is 362 g/mol. The van der Waals surface area contributed by atoms with Crippen molar-refractivity contribution >= 4 is 15.9 Å². The molecular weight excluding hydrogens is 343 g/mol. The van der Waals surface area contributed by atoms with Gasteiger partial charge in [-0.15, -0.1) is 0 Å². The molecular formula is C18H19FN2O3S. The van der Waals surface area contributed by atoms with Crippen LogP contribution >= 0.6 is 0 Å². The molecule has 7 heteroatoms. The number of benzene rings is 2. The number of primary sulfonamides is 1. The van der Waals surface area contributed by atoms with Crippen LogP contribution in [0.3, 0.4) is 0 Å².